The number of aryl methyl sites for hydroxylation is 2. The molecule has 138 valence electrons. The molecule has 0 bridgehead atoms. The Bertz CT molecular complexity index is 1060. The van der Waals surface area contributed by atoms with Crippen LogP contribution in [-0.4, -0.2) is 40.8 Å². The highest BCUT2D eigenvalue weighted by Gasteiger charge is 2.14. The number of aromatic nitrogens is 2. The fraction of sp³-hybridized carbons (Fsp3) is 0.200. The number of carbonyl (C=O) groups is 2. The van der Waals surface area contributed by atoms with Crippen LogP contribution < -0.4 is 5.32 Å². The van der Waals surface area contributed by atoms with Crippen molar-refractivity contribution in [3.8, 4) is 0 Å². The quantitative estimate of drug-likeness (QED) is 0.746. The summed E-state index contributed by atoms with van der Waals surface area (Å²) < 4.78 is 0. The van der Waals surface area contributed by atoms with E-state index in [9.17, 15) is 9.59 Å². The van der Waals surface area contributed by atoms with E-state index in [4.69, 9.17) is 11.6 Å². The number of hydrogen-bond donors (Lipinski definition) is 1. The predicted octanol–water partition coefficient (Wildman–Crippen LogP) is 3.85. The lowest BCUT2D eigenvalue weighted by molar-refractivity contribution is 0.0827. The summed E-state index contributed by atoms with van der Waals surface area (Å²) in [5.74, 6) is -0.490. The van der Waals surface area contributed by atoms with Crippen LogP contribution in [0.15, 0.2) is 36.4 Å². The second-order valence-electron chi connectivity index (χ2n) is 6.45. The van der Waals surface area contributed by atoms with Gasteiger partial charge in [0.2, 0.25) is 0 Å². The highest BCUT2D eigenvalue weighted by molar-refractivity contribution is 6.34. The molecule has 3 aromatic rings. The highest BCUT2D eigenvalue weighted by atomic mass is 35.5. The Morgan fingerprint density at radius 1 is 0.963 bits per heavy atom. The van der Waals surface area contributed by atoms with Crippen molar-refractivity contribution in [1.82, 2.24) is 14.9 Å². The lowest BCUT2D eigenvalue weighted by Crippen LogP contribution is -2.22. The van der Waals surface area contributed by atoms with Gasteiger partial charge in [0.15, 0.2) is 0 Å². The minimum atomic E-state index is -0.292. The van der Waals surface area contributed by atoms with Crippen LogP contribution in [0.25, 0.3) is 11.0 Å². The molecule has 0 aliphatic rings. The molecule has 0 saturated carbocycles. The second kappa shape index (κ2) is 7.32. The Morgan fingerprint density at radius 2 is 1.63 bits per heavy atom. The van der Waals surface area contributed by atoms with Gasteiger partial charge < -0.3 is 10.2 Å². The fourth-order valence-corrected chi connectivity index (χ4v) is 2.84. The minimum Gasteiger partial charge on any atom is -0.345 e. The number of anilines is 1. The first-order valence-corrected chi connectivity index (χ1v) is 8.71. The monoisotopic (exact) mass is 382 g/mol. The molecule has 0 aliphatic carbocycles. The average Bonchev–Trinajstić information content (AvgIpc) is 2.61. The van der Waals surface area contributed by atoms with Crippen LogP contribution >= 0.6 is 11.6 Å². The molecule has 0 saturated heterocycles. The summed E-state index contributed by atoms with van der Waals surface area (Å²) >= 11 is 6.19. The number of hydrogen-bond acceptors (Lipinski definition) is 4. The number of nitrogens with one attached hydrogen (secondary N) is 1. The van der Waals surface area contributed by atoms with Crippen LogP contribution in [0, 0.1) is 13.8 Å². The van der Waals surface area contributed by atoms with Crippen molar-refractivity contribution >= 4 is 40.1 Å². The van der Waals surface area contributed by atoms with Crippen LogP contribution in [-0.2, 0) is 0 Å². The van der Waals surface area contributed by atoms with Crippen molar-refractivity contribution in [3.63, 3.8) is 0 Å². The maximum Gasteiger partial charge on any atom is 0.255 e. The van der Waals surface area contributed by atoms with Gasteiger partial charge in [-0.15, -0.1) is 0 Å². The molecular weight excluding hydrogens is 364 g/mol. The SMILES string of the molecule is Cc1nc2ccc(C(=O)Nc3ccc(C(=O)N(C)C)c(Cl)c3)cc2nc1C. The molecule has 2 amide bonds. The van der Waals surface area contributed by atoms with Crippen molar-refractivity contribution < 1.29 is 9.59 Å². The molecule has 0 unspecified atom stereocenters. The van der Waals surface area contributed by atoms with Gasteiger partial charge in [-0.05, 0) is 50.2 Å². The Morgan fingerprint density at radius 3 is 2.26 bits per heavy atom. The predicted molar refractivity (Wildman–Crippen MR) is 106 cm³/mol. The molecular formula is C20H19ClN4O2. The fourth-order valence-electron chi connectivity index (χ4n) is 2.58. The van der Waals surface area contributed by atoms with Crippen molar-refractivity contribution in [2.75, 3.05) is 19.4 Å². The van der Waals surface area contributed by atoms with Gasteiger partial charge in [-0.2, -0.15) is 0 Å². The van der Waals surface area contributed by atoms with E-state index in [0.29, 0.717) is 22.3 Å². The van der Waals surface area contributed by atoms with E-state index < -0.39 is 0 Å². The minimum absolute atomic E-state index is 0.198. The second-order valence-corrected chi connectivity index (χ2v) is 6.85. The lowest BCUT2D eigenvalue weighted by atomic mass is 10.1. The lowest BCUT2D eigenvalue weighted by Gasteiger charge is -2.13. The molecule has 0 atom stereocenters. The molecule has 6 nitrogen and oxygen atoms in total. The van der Waals surface area contributed by atoms with Gasteiger partial charge in [0.1, 0.15) is 0 Å². The highest BCUT2D eigenvalue weighted by Crippen LogP contribution is 2.23. The van der Waals surface area contributed by atoms with E-state index in [-0.39, 0.29) is 16.8 Å². The molecule has 1 heterocycles. The zero-order chi connectivity index (χ0) is 19.7. The maximum absolute atomic E-state index is 12.6. The van der Waals surface area contributed by atoms with E-state index in [1.807, 2.05) is 13.8 Å². The van der Waals surface area contributed by atoms with E-state index in [0.717, 1.165) is 16.9 Å². The third kappa shape index (κ3) is 3.90. The van der Waals surface area contributed by atoms with Crippen molar-refractivity contribution in [3.05, 3.63) is 63.9 Å². The van der Waals surface area contributed by atoms with Gasteiger partial charge in [-0.1, -0.05) is 11.6 Å². The van der Waals surface area contributed by atoms with Gasteiger partial charge >= 0.3 is 0 Å². The van der Waals surface area contributed by atoms with Gasteiger partial charge in [-0.3, -0.25) is 9.59 Å². The van der Waals surface area contributed by atoms with Crippen LogP contribution in [0.4, 0.5) is 5.69 Å². The molecule has 3 rings (SSSR count). The van der Waals surface area contributed by atoms with Crippen LogP contribution in [0.1, 0.15) is 32.1 Å². The van der Waals surface area contributed by atoms with Crippen LogP contribution in [0.2, 0.25) is 5.02 Å². The zero-order valence-electron chi connectivity index (χ0n) is 15.5. The first-order chi connectivity index (χ1) is 12.8. The first-order valence-electron chi connectivity index (χ1n) is 8.34. The molecule has 0 aliphatic heterocycles. The Balaban J connectivity index is 1.85. The number of halogens is 1. The molecule has 1 aromatic heterocycles. The summed E-state index contributed by atoms with van der Waals surface area (Å²) in [5, 5.41) is 3.07. The maximum atomic E-state index is 12.6. The number of rotatable bonds is 3. The topological polar surface area (TPSA) is 75.2 Å². The molecule has 2 aromatic carbocycles. The molecule has 0 spiro atoms. The number of nitrogens with zero attached hydrogens (tertiary/aromatic N) is 3. The van der Waals surface area contributed by atoms with Gasteiger partial charge in [0.05, 0.1) is 33.0 Å². The van der Waals surface area contributed by atoms with Crippen molar-refractivity contribution in [2.24, 2.45) is 0 Å². The van der Waals surface area contributed by atoms with Gasteiger partial charge in [0, 0.05) is 25.3 Å². The third-order valence-electron chi connectivity index (χ3n) is 4.20. The number of benzene rings is 2. The number of fused-ring (bicyclic) bond motifs is 1. The molecule has 27 heavy (non-hydrogen) atoms. The van der Waals surface area contributed by atoms with Crippen molar-refractivity contribution in [1.29, 1.82) is 0 Å². The summed E-state index contributed by atoms with van der Waals surface area (Å²) in [4.78, 5) is 35.0. The summed E-state index contributed by atoms with van der Waals surface area (Å²) in [6.07, 6.45) is 0. The smallest absolute Gasteiger partial charge is 0.255 e. The number of amides is 2. The summed E-state index contributed by atoms with van der Waals surface area (Å²) in [5.41, 5.74) is 4.44. The van der Waals surface area contributed by atoms with E-state index in [1.54, 1.807) is 50.5 Å². The van der Waals surface area contributed by atoms with Crippen LogP contribution in [0.3, 0.4) is 0 Å². The molecule has 0 fully saturated rings. The first kappa shape index (κ1) is 18.8. The Kier molecular flexibility index (Phi) is 5.10. The van der Waals surface area contributed by atoms with E-state index in [1.165, 1.54) is 4.90 Å². The molecule has 7 heteroatoms. The summed E-state index contributed by atoms with van der Waals surface area (Å²) in [6.45, 7) is 3.78. The summed E-state index contributed by atoms with van der Waals surface area (Å²) in [6, 6.07) is 9.98. The Hall–Kier alpha value is -2.99. The van der Waals surface area contributed by atoms with Gasteiger partial charge in [-0.25, -0.2) is 9.97 Å². The Labute approximate surface area is 162 Å². The normalized spacial score (nSPS) is 10.7. The third-order valence-corrected chi connectivity index (χ3v) is 4.51. The summed E-state index contributed by atoms with van der Waals surface area (Å²) in [7, 11) is 3.31. The van der Waals surface area contributed by atoms with E-state index >= 15 is 0 Å². The largest absolute Gasteiger partial charge is 0.345 e. The standard InChI is InChI=1S/C20H19ClN4O2/c1-11-12(2)23-18-9-13(5-8-17(18)22-11)19(26)24-14-6-7-15(16(21)10-14)20(27)25(3)4/h5-10H,1-4H3,(H,24,26). The van der Waals surface area contributed by atoms with Crippen LogP contribution in [0.5, 0.6) is 0 Å². The number of carbonyl (C=O) groups excluding carboxylic acids is 2. The average molecular weight is 383 g/mol. The molecule has 1 N–H and O–H groups in total. The van der Waals surface area contributed by atoms with Gasteiger partial charge in [0.25, 0.3) is 11.8 Å². The molecule has 0 radical (unpaired) electrons. The van der Waals surface area contributed by atoms with Crippen molar-refractivity contribution in [2.45, 2.75) is 13.8 Å². The van der Waals surface area contributed by atoms with E-state index in [2.05, 4.69) is 15.3 Å². The zero-order valence-corrected chi connectivity index (χ0v) is 16.3.